The fourth-order valence-corrected chi connectivity index (χ4v) is 2.60. The minimum absolute atomic E-state index is 0.766. The summed E-state index contributed by atoms with van der Waals surface area (Å²) in [5, 5.41) is 4.16. The molecule has 0 aromatic heterocycles. The van der Waals surface area contributed by atoms with E-state index in [1.807, 2.05) is 36.4 Å². The second-order valence-electron chi connectivity index (χ2n) is 4.27. The molecule has 0 heterocycles. The Balaban J connectivity index is 2.08. The van der Waals surface area contributed by atoms with Gasteiger partial charge >= 0.3 is 0 Å². The van der Waals surface area contributed by atoms with Gasteiger partial charge in [-0.1, -0.05) is 17.7 Å². The summed E-state index contributed by atoms with van der Waals surface area (Å²) in [6, 6.07) is 11.9. The molecular weight excluding hydrogens is 326 g/mol. The highest BCUT2D eigenvalue weighted by atomic mass is 79.9. The van der Waals surface area contributed by atoms with Crippen molar-refractivity contribution in [3.05, 3.63) is 57.0 Å². The standard InChI is InChI=1S/C15H15BrClNO/c1-10-7-12(17)4-3-11(10)9-18-13-5-6-15(19-2)14(16)8-13/h3-8,18H,9H2,1-2H3. The molecule has 0 saturated heterocycles. The molecule has 0 spiro atoms. The van der Waals surface area contributed by atoms with Gasteiger partial charge in [-0.3, -0.25) is 0 Å². The maximum Gasteiger partial charge on any atom is 0.133 e. The summed E-state index contributed by atoms with van der Waals surface area (Å²) in [6.45, 7) is 2.83. The van der Waals surface area contributed by atoms with Crippen molar-refractivity contribution in [3.8, 4) is 5.75 Å². The Hall–Kier alpha value is -1.19. The molecular formula is C15H15BrClNO. The largest absolute Gasteiger partial charge is 0.496 e. The van der Waals surface area contributed by atoms with Crippen LogP contribution in [0.4, 0.5) is 5.69 Å². The van der Waals surface area contributed by atoms with Crippen LogP contribution in [0.3, 0.4) is 0 Å². The van der Waals surface area contributed by atoms with Gasteiger partial charge in [-0.15, -0.1) is 0 Å². The van der Waals surface area contributed by atoms with Crippen LogP contribution in [-0.4, -0.2) is 7.11 Å². The summed E-state index contributed by atoms with van der Waals surface area (Å²) in [5.74, 6) is 0.827. The molecule has 0 amide bonds. The smallest absolute Gasteiger partial charge is 0.133 e. The molecule has 2 nitrogen and oxygen atoms in total. The first kappa shape index (κ1) is 14.2. The Morgan fingerprint density at radius 1 is 1.21 bits per heavy atom. The first-order valence-electron chi connectivity index (χ1n) is 5.92. The van der Waals surface area contributed by atoms with Crippen LogP contribution >= 0.6 is 27.5 Å². The third-order valence-corrected chi connectivity index (χ3v) is 3.79. The molecule has 2 aromatic carbocycles. The molecule has 0 fully saturated rings. The van der Waals surface area contributed by atoms with E-state index in [1.165, 1.54) is 11.1 Å². The molecule has 0 aliphatic carbocycles. The first-order chi connectivity index (χ1) is 9.10. The fourth-order valence-electron chi connectivity index (χ4n) is 1.83. The maximum atomic E-state index is 5.95. The molecule has 2 rings (SSSR count). The van der Waals surface area contributed by atoms with Crippen molar-refractivity contribution in [3.63, 3.8) is 0 Å². The van der Waals surface area contributed by atoms with Crippen molar-refractivity contribution in [1.29, 1.82) is 0 Å². The molecule has 4 heteroatoms. The van der Waals surface area contributed by atoms with Crippen LogP contribution in [0.15, 0.2) is 40.9 Å². The average Bonchev–Trinajstić information content (AvgIpc) is 2.38. The minimum Gasteiger partial charge on any atom is -0.496 e. The van der Waals surface area contributed by atoms with E-state index in [1.54, 1.807) is 7.11 Å². The Morgan fingerprint density at radius 2 is 2.00 bits per heavy atom. The first-order valence-corrected chi connectivity index (χ1v) is 7.09. The lowest BCUT2D eigenvalue weighted by Gasteiger charge is -2.11. The van der Waals surface area contributed by atoms with E-state index in [2.05, 4.69) is 28.2 Å². The molecule has 0 unspecified atom stereocenters. The van der Waals surface area contributed by atoms with Gasteiger partial charge in [0.25, 0.3) is 0 Å². The summed E-state index contributed by atoms with van der Waals surface area (Å²) < 4.78 is 6.14. The van der Waals surface area contributed by atoms with Crippen LogP contribution in [0.5, 0.6) is 5.75 Å². The number of anilines is 1. The number of nitrogens with one attached hydrogen (secondary N) is 1. The third-order valence-electron chi connectivity index (χ3n) is 2.94. The van der Waals surface area contributed by atoms with E-state index in [-0.39, 0.29) is 0 Å². The van der Waals surface area contributed by atoms with Crippen LogP contribution in [-0.2, 0) is 6.54 Å². The molecule has 0 atom stereocenters. The summed E-state index contributed by atoms with van der Waals surface area (Å²) >= 11 is 9.42. The zero-order chi connectivity index (χ0) is 13.8. The Labute approximate surface area is 126 Å². The Kier molecular flexibility index (Phi) is 4.72. The van der Waals surface area contributed by atoms with Gasteiger partial charge in [-0.05, 0) is 64.3 Å². The maximum absolute atomic E-state index is 5.95. The summed E-state index contributed by atoms with van der Waals surface area (Å²) in [7, 11) is 1.66. The molecule has 1 N–H and O–H groups in total. The van der Waals surface area contributed by atoms with Crippen LogP contribution in [0.25, 0.3) is 0 Å². The highest BCUT2D eigenvalue weighted by Crippen LogP contribution is 2.28. The summed E-state index contributed by atoms with van der Waals surface area (Å²) in [5.41, 5.74) is 3.46. The van der Waals surface area contributed by atoms with Gasteiger partial charge in [0.1, 0.15) is 5.75 Å². The second kappa shape index (κ2) is 6.31. The molecule has 0 aliphatic rings. The summed E-state index contributed by atoms with van der Waals surface area (Å²) in [4.78, 5) is 0. The number of benzene rings is 2. The molecule has 0 saturated carbocycles. The van der Waals surface area contributed by atoms with E-state index in [0.29, 0.717) is 0 Å². The van der Waals surface area contributed by atoms with E-state index < -0.39 is 0 Å². The quantitative estimate of drug-likeness (QED) is 0.842. The van der Waals surface area contributed by atoms with Gasteiger partial charge in [-0.2, -0.15) is 0 Å². The van der Waals surface area contributed by atoms with Crippen molar-refractivity contribution < 1.29 is 4.74 Å². The number of aryl methyl sites for hydroxylation is 1. The zero-order valence-corrected chi connectivity index (χ0v) is 13.2. The highest BCUT2D eigenvalue weighted by molar-refractivity contribution is 9.10. The molecule has 19 heavy (non-hydrogen) atoms. The molecule has 0 radical (unpaired) electrons. The lowest BCUT2D eigenvalue weighted by molar-refractivity contribution is 0.412. The van der Waals surface area contributed by atoms with Gasteiger partial charge in [0.2, 0.25) is 0 Å². The predicted octanol–water partition coefficient (Wildman–Crippen LogP) is 5.03. The normalized spacial score (nSPS) is 10.3. The van der Waals surface area contributed by atoms with Gasteiger partial charge in [0, 0.05) is 17.3 Å². The lowest BCUT2D eigenvalue weighted by Crippen LogP contribution is -2.01. The minimum atomic E-state index is 0.766. The number of hydrogen-bond acceptors (Lipinski definition) is 2. The van der Waals surface area contributed by atoms with Crippen molar-refractivity contribution in [2.24, 2.45) is 0 Å². The van der Waals surface area contributed by atoms with E-state index in [0.717, 1.165) is 27.5 Å². The van der Waals surface area contributed by atoms with Crippen molar-refractivity contribution in [2.75, 3.05) is 12.4 Å². The third kappa shape index (κ3) is 3.64. The van der Waals surface area contributed by atoms with Crippen molar-refractivity contribution in [1.82, 2.24) is 0 Å². The van der Waals surface area contributed by atoms with Crippen LogP contribution in [0.2, 0.25) is 5.02 Å². The topological polar surface area (TPSA) is 21.3 Å². The summed E-state index contributed by atoms with van der Waals surface area (Å²) in [6.07, 6.45) is 0. The molecule has 100 valence electrons. The monoisotopic (exact) mass is 339 g/mol. The van der Waals surface area contributed by atoms with E-state index in [9.17, 15) is 0 Å². The van der Waals surface area contributed by atoms with Crippen LogP contribution < -0.4 is 10.1 Å². The van der Waals surface area contributed by atoms with Crippen LogP contribution in [0.1, 0.15) is 11.1 Å². The van der Waals surface area contributed by atoms with Gasteiger partial charge in [-0.25, -0.2) is 0 Å². The number of ether oxygens (including phenoxy) is 1. The van der Waals surface area contributed by atoms with Gasteiger partial charge in [0.05, 0.1) is 11.6 Å². The van der Waals surface area contributed by atoms with Crippen molar-refractivity contribution in [2.45, 2.75) is 13.5 Å². The number of hydrogen-bond donors (Lipinski definition) is 1. The van der Waals surface area contributed by atoms with Gasteiger partial charge < -0.3 is 10.1 Å². The van der Waals surface area contributed by atoms with Gasteiger partial charge in [0.15, 0.2) is 0 Å². The van der Waals surface area contributed by atoms with Crippen molar-refractivity contribution >= 4 is 33.2 Å². The highest BCUT2D eigenvalue weighted by Gasteiger charge is 2.03. The second-order valence-corrected chi connectivity index (χ2v) is 5.56. The lowest BCUT2D eigenvalue weighted by atomic mass is 10.1. The SMILES string of the molecule is COc1ccc(NCc2ccc(Cl)cc2C)cc1Br. The zero-order valence-electron chi connectivity index (χ0n) is 10.8. The number of methoxy groups -OCH3 is 1. The number of rotatable bonds is 4. The van der Waals surface area contributed by atoms with Crippen LogP contribution in [0, 0.1) is 6.92 Å². The number of halogens is 2. The van der Waals surface area contributed by atoms with E-state index >= 15 is 0 Å². The fraction of sp³-hybridized carbons (Fsp3) is 0.200. The molecule has 2 aromatic rings. The molecule has 0 bridgehead atoms. The predicted molar refractivity (Wildman–Crippen MR) is 84.2 cm³/mol. The average molecular weight is 341 g/mol. The molecule has 0 aliphatic heterocycles. The van der Waals surface area contributed by atoms with E-state index in [4.69, 9.17) is 16.3 Å². The Bertz CT molecular complexity index is 586. The Morgan fingerprint density at radius 3 is 2.63 bits per heavy atom.